The minimum Gasteiger partial charge on any atom is -0.284 e. The molecule has 0 saturated carbocycles. The van der Waals surface area contributed by atoms with Crippen molar-refractivity contribution < 1.29 is 14.0 Å². The summed E-state index contributed by atoms with van der Waals surface area (Å²) in [4.78, 5) is 35.4. The number of hydrogen-bond acceptors (Lipinski definition) is 4. The molecule has 2 heterocycles. The molecule has 2 aliphatic rings. The van der Waals surface area contributed by atoms with Crippen LogP contribution in [0, 0.1) is 11.7 Å². The summed E-state index contributed by atoms with van der Waals surface area (Å²) in [5.74, 6) is -0.974. The van der Waals surface area contributed by atoms with Crippen LogP contribution in [0.25, 0.3) is 0 Å². The van der Waals surface area contributed by atoms with Gasteiger partial charge in [0.2, 0.25) is 5.91 Å². The van der Waals surface area contributed by atoms with E-state index in [9.17, 15) is 14.0 Å². The molecule has 0 aromatic heterocycles. The van der Waals surface area contributed by atoms with Crippen LogP contribution in [-0.4, -0.2) is 47.4 Å². The van der Waals surface area contributed by atoms with Crippen molar-refractivity contribution >= 4 is 23.5 Å². The Morgan fingerprint density at radius 3 is 2.57 bits per heavy atom. The largest absolute Gasteiger partial charge is 0.331 e. The number of rotatable bonds is 2. The maximum Gasteiger partial charge on any atom is 0.331 e. The first kappa shape index (κ1) is 15.1. The Bertz CT molecular complexity index is 752. The van der Waals surface area contributed by atoms with Crippen LogP contribution in [0.4, 0.5) is 9.18 Å². The Labute approximate surface area is 132 Å². The predicted molar refractivity (Wildman–Crippen MR) is 83.5 cm³/mol. The minimum atomic E-state index is -0.687. The molecular weight excluding hydrogens is 299 g/mol. The fourth-order valence-corrected chi connectivity index (χ4v) is 2.54. The van der Waals surface area contributed by atoms with Crippen molar-refractivity contribution in [1.29, 1.82) is 0 Å². The molecule has 0 bridgehead atoms. The Kier molecular flexibility index (Phi) is 3.77. The van der Waals surface area contributed by atoms with Gasteiger partial charge >= 0.3 is 6.03 Å². The van der Waals surface area contributed by atoms with E-state index in [4.69, 9.17) is 0 Å². The smallest absolute Gasteiger partial charge is 0.284 e. The first-order chi connectivity index (χ1) is 11.0. The highest BCUT2D eigenvalue weighted by atomic mass is 19.1. The number of hydrogen-bond donors (Lipinski definition) is 0. The van der Waals surface area contributed by atoms with Gasteiger partial charge in [-0.25, -0.2) is 14.2 Å². The highest BCUT2D eigenvalue weighted by Gasteiger charge is 2.43. The van der Waals surface area contributed by atoms with Gasteiger partial charge in [-0.1, -0.05) is 12.1 Å². The molecule has 3 amide bonds. The molecule has 3 rings (SSSR count). The molecule has 118 valence electrons. The van der Waals surface area contributed by atoms with Crippen LogP contribution in [0.2, 0.25) is 0 Å². The number of amides is 3. The van der Waals surface area contributed by atoms with Gasteiger partial charge in [-0.2, -0.15) is 0 Å². The third kappa shape index (κ3) is 2.65. The summed E-state index contributed by atoms with van der Waals surface area (Å²) in [6.07, 6.45) is 3.19. The van der Waals surface area contributed by atoms with E-state index in [0.717, 1.165) is 10.5 Å². The third-order valence-electron chi connectivity index (χ3n) is 3.86. The number of amidine groups is 1. The van der Waals surface area contributed by atoms with Gasteiger partial charge in [0.1, 0.15) is 17.6 Å². The van der Waals surface area contributed by atoms with Crippen LogP contribution < -0.4 is 0 Å². The lowest BCUT2D eigenvalue weighted by Gasteiger charge is -2.36. The molecule has 1 atom stereocenters. The summed E-state index contributed by atoms with van der Waals surface area (Å²) >= 11 is 0. The van der Waals surface area contributed by atoms with Crippen LogP contribution >= 0.6 is 0 Å². The van der Waals surface area contributed by atoms with E-state index in [2.05, 4.69) is 9.98 Å². The predicted octanol–water partition coefficient (Wildman–Crippen LogP) is 1.83. The van der Waals surface area contributed by atoms with Crippen molar-refractivity contribution in [2.45, 2.75) is 6.54 Å². The lowest BCUT2D eigenvalue weighted by molar-refractivity contribution is -0.128. The lowest BCUT2D eigenvalue weighted by atomic mass is 9.95. The molecule has 0 spiro atoms. The fourth-order valence-electron chi connectivity index (χ4n) is 2.54. The Hall–Kier alpha value is -2.83. The van der Waals surface area contributed by atoms with Crippen molar-refractivity contribution in [1.82, 2.24) is 9.80 Å². The minimum absolute atomic E-state index is 0.308. The number of halogens is 1. The Morgan fingerprint density at radius 1 is 1.17 bits per heavy atom. The summed E-state index contributed by atoms with van der Waals surface area (Å²) in [5.41, 5.74) is 1.37. The molecule has 0 radical (unpaired) electrons. The van der Waals surface area contributed by atoms with E-state index in [-0.39, 0.29) is 11.7 Å². The number of allylic oxidation sites excluding steroid dienone is 1. The standard InChI is InChI=1S/C16H15FN4O2/c1-20-14-13(15(22)21(2)16(20)23)12(7-8-18-14)19-9-10-3-5-11(17)6-4-10/h3-8,13H,9H2,1-2H3. The second kappa shape index (κ2) is 5.75. The maximum atomic E-state index is 12.9. The summed E-state index contributed by atoms with van der Waals surface area (Å²) in [6.45, 7) is 0.318. The van der Waals surface area contributed by atoms with Gasteiger partial charge in [0.05, 0.1) is 12.3 Å². The SMILES string of the molecule is CN1C(=O)C2C(=NCc3ccc(F)cc3)C=CN=C2N(C)C1=O. The number of nitrogens with zero attached hydrogens (tertiary/aromatic N) is 4. The highest BCUT2D eigenvalue weighted by molar-refractivity contribution is 6.31. The number of aliphatic imine (C=N–C) groups is 2. The number of benzene rings is 1. The number of imide groups is 1. The summed E-state index contributed by atoms with van der Waals surface area (Å²) in [5, 5.41) is 0. The zero-order valence-electron chi connectivity index (χ0n) is 12.7. The van der Waals surface area contributed by atoms with Crippen molar-refractivity contribution in [3.8, 4) is 0 Å². The number of carbonyl (C=O) groups excluding carboxylic acids is 2. The van der Waals surface area contributed by atoms with Crippen molar-refractivity contribution in [3.63, 3.8) is 0 Å². The van der Waals surface area contributed by atoms with E-state index < -0.39 is 11.9 Å². The van der Waals surface area contributed by atoms with Crippen molar-refractivity contribution in [2.75, 3.05) is 14.1 Å². The van der Waals surface area contributed by atoms with Crippen molar-refractivity contribution in [2.24, 2.45) is 15.9 Å². The number of urea groups is 1. The van der Waals surface area contributed by atoms with Crippen LogP contribution in [0.5, 0.6) is 0 Å². The van der Waals surface area contributed by atoms with E-state index in [1.807, 2.05) is 0 Å². The molecule has 7 heteroatoms. The third-order valence-corrected chi connectivity index (χ3v) is 3.86. The fraction of sp³-hybridized carbons (Fsp3) is 0.250. The van der Waals surface area contributed by atoms with Crippen molar-refractivity contribution in [3.05, 3.63) is 47.9 Å². The van der Waals surface area contributed by atoms with Gasteiger partial charge in [0, 0.05) is 20.3 Å². The number of carbonyl (C=O) groups is 2. The first-order valence-corrected chi connectivity index (χ1v) is 7.07. The van der Waals surface area contributed by atoms with Gasteiger partial charge in [-0.15, -0.1) is 0 Å². The molecule has 1 unspecified atom stereocenters. The van der Waals surface area contributed by atoms with Gasteiger partial charge in [0.25, 0.3) is 0 Å². The molecule has 6 nitrogen and oxygen atoms in total. The quantitative estimate of drug-likeness (QED) is 0.836. The molecule has 1 saturated heterocycles. The molecule has 0 N–H and O–H groups in total. The van der Waals surface area contributed by atoms with E-state index in [1.165, 1.54) is 30.3 Å². The van der Waals surface area contributed by atoms with Crippen LogP contribution in [0.1, 0.15) is 5.56 Å². The van der Waals surface area contributed by atoms with E-state index in [0.29, 0.717) is 18.1 Å². The zero-order valence-corrected chi connectivity index (χ0v) is 12.7. The normalized spacial score (nSPS) is 22.5. The molecule has 0 aliphatic carbocycles. The zero-order chi connectivity index (χ0) is 16.6. The second-order valence-corrected chi connectivity index (χ2v) is 5.34. The highest BCUT2D eigenvalue weighted by Crippen LogP contribution is 2.22. The number of fused-ring (bicyclic) bond motifs is 1. The summed E-state index contributed by atoms with van der Waals surface area (Å²) in [7, 11) is 3.02. The average molecular weight is 314 g/mol. The van der Waals surface area contributed by atoms with Gasteiger partial charge in [-0.3, -0.25) is 19.6 Å². The molecule has 2 aliphatic heterocycles. The van der Waals surface area contributed by atoms with Gasteiger partial charge in [0.15, 0.2) is 0 Å². The van der Waals surface area contributed by atoms with E-state index in [1.54, 1.807) is 25.3 Å². The van der Waals surface area contributed by atoms with Gasteiger partial charge < -0.3 is 0 Å². The van der Waals surface area contributed by atoms with Crippen LogP contribution in [-0.2, 0) is 11.3 Å². The summed E-state index contributed by atoms with van der Waals surface area (Å²) < 4.78 is 12.9. The summed E-state index contributed by atoms with van der Waals surface area (Å²) in [6, 6.07) is 5.60. The molecule has 1 aromatic carbocycles. The molecule has 1 fully saturated rings. The van der Waals surface area contributed by atoms with Crippen LogP contribution in [0.3, 0.4) is 0 Å². The second-order valence-electron chi connectivity index (χ2n) is 5.34. The monoisotopic (exact) mass is 314 g/mol. The first-order valence-electron chi connectivity index (χ1n) is 7.07. The average Bonchev–Trinajstić information content (AvgIpc) is 2.57. The topological polar surface area (TPSA) is 65.3 Å². The van der Waals surface area contributed by atoms with Crippen LogP contribution in [0.15, 0.2) is 46.5 Å². The maximum absolute atomic E-state index is 12.9. The Balaban J connectivity index is 1.89. The molecule has 23 heavy (non-hydrogen) atoms. The van der Waals surface area contributed by atoms with Gasteiger partial charge in [-0.05, 0) is 23.8 Å². The molecular formula is C16H15FN4O2. The van der Waals surface area contributed by atoms with E-state index >= 15 is 0 Å². The Morgan fingerprint density at radius 2 is 1.87 bits per heavy atom. The lowest BCUT2D eigenvalue weighted by Crippen LogP contribution is -2.59. The molecule has 1 aromatic rings.